The third kappa shape index (κ3) is 3.76. The van der Waals surface area contributed by atoms with E-state index in [0.717, 1.165) is 32.5 Å². The molecule has 0 aliphatic carbocycles. The molecule has 1 aliphatic heterocycles. The quantitative estimate of drug-likeness (QED) is 0.722. The van der Waals surface area contributed by atoms with Gasteiger partial charge in [0.1, 0.15) is 0 Å². The Labute approximate surface area is 98.8 Å². The fourth-order valence-electron chi connectivity index (χ4n) is 2.25. The van der Waals surface area contributed by atoms with Crippen molar-refractivity contribution in [1.82, 2.24) is 15.5 Å². The summed E-state index contributed by atoms with van der Waals surface area (Å²) < 4.78 is 0. The van der Waals surface area contributed by atoms with E-state index in [9.17, 15) is 4.79 Å². The van der Waals surface area contributed by atoms with Crippen molar-refractivity contribution in [2.75, 3.05) is 26.7 Å². The maximum absolute atomic E-state index is 11.2. The summed E-state index contributed by atoms with van der Waals surface area (Å²) in [6.45, 7) is 7.44. The molecule has 0 spiro atoms. The second kappa shape index (κ2) is 6.86. The molecule has 2 unspecified atom stereocenters. The van der Waals surface area contributed by atoms with Crippen LogP contribution < -0.4 is 10.6 Å². The van der Waals surface area contributed by atoms with E-state index >= 15 is 0 Å². The molecule has 4 nitrogen and oxygen atoms in total. The van der Waals surface area contributed by atoms with Crippen LogP contribution in [0.2, 0.25) is 0 Å². The van der Waals surface area contributed by atoms with E-state index in [0.29, 0.717) is 18.5 Å². The lowest BCUT2D eigenvalue weighted by Crippen LogP contribution is -2.56. The maximum Gasteiger partial charge on any atom is 0.221 e. The average molecular weight is 227 g/mol. The molecule has 0 aromatic rings. The van der Waals surface area contributed by atoms with Crippen molar-refractivity contribution in [2.45, 2.75) is 45.2 Å². The van der Waals surface area contributed by atoms with Crippen LogP contribution in [0.3, 0.4) is 0 Å². The third-order valence-electron chi connectivity index (χ3n) is 3.48. The zero-order valence-electron chi connectivity index (χ0n) is 10.8. The zero-order chi connectivity index (χ0) is 12.0. The van der Waals surface area contributed by atoms with Crippen molar-refractivity contribution in [3.63, 3.8) is 0 Å². The number of carbonyl (C=O) groups excluding carboxylic acids is 1. The molecular weight excluding hydrogens is 202 g/mol. The van der Waals surface area contributed by atoms with Crippen LogP contribution in [-0.2, 0) is 4.79 Å². The minimum atomic E-state index is 0.140. The molecule has 1 aliphatic rings. The fraction of sp³-hybridized carbons (Fsp3) is 0.917. The molecule has 1 amide bonds. The predicted octanol–water partition coefficient (Wildman–Crippen LogP) is 0.585. The summed E-state index contributed by atoms with van der Waals surface area (Å²) in [5, 5.41) is 6.24. The Morgan fingerprint density at radius 2 is 2.19 bits per heavy atom. The van der Waals surface area contributed by atoms with Crippen LogP contribution in [0.15, 0.2) is 0 Å². The van der Waals surface area contributed by atoms with Crippen LogP contribution in [0.1, 0.15) is 33.1 Å². The summed E-state index contributed by atoms with van der Waals surface area (Å²) in [5.41, 5.74) is 0. The summed E-state index contributed by atoms with van der Waals surface area (Å²) in [6, 6.07) is 1.18. The molecule has 94 valence electrons. The van der Waals surface area contributed by atoms with Crippen molar-refractivity contribution in [3.8, 4) is 0 Å². The van der Waals surface area contributed by atoms with Gasteiger partial charge in [-0.1, -0.05) is 13.8 Å². The van der Waals surface area contributed by atoms with E-state index in [1.165, 1.54) is 0 Å². The Morgan fingerprint density at radius 1 is 1.44 bits per heavy atom. The number of nitrogens with zero attached hydrogens (tertiary/aromatic N) is 1. The van der Waals surface area contributed by atoms with E-state index in [-0.39, 0.29) is 5.91 Å². The van der Waals surface area contributed by atoms with Crippen molar-refractivity contribution in [3.05, 3.63) is 0 Å². The summed E-state index contributed by atoms with van der Waals surface area (Å²) in [6.07, 6.45) is 2.92. The van der Waals surface area contributed by atoms with Gasteiger partial charge in [0.25, 0.3) is 0 Å². The Balaban J connectivity index is 2.42. The molecule has 2 atom stereocenters. The Hall–Kier alpha value is -0.610. The summed E-state index contributed by atoms with van der Waals surface area (Å²) >= 11 is 0. The number of hydrogen-bond acceptors (Lipinski definition) is 3. The predicted molar refractivity (Wildman–Crippen MR) is 66.4 cm³/mol. The molecule has 0 saturated carbocycles. The average Bonchev–Trinajstić information content (AvgIpc) is 2.35. The second-order valence-corrected chi connectivity index (χ2v) is 4.49. The zero-order valence-corrected chi connectivity index (χ0v) is 10.8. The lowest BCUT2D eigenvalue weighted by molar-refractivity contribution is -0.121. The van der Waals surface area contributed by atoms with Gasteiger partial charge in [-0.3, -0.25) is 9.69 Å². The van der Waals surface area contributed by atoms with Gasteiger partial charge in [0, 0.05) is 45.2 Å². The Bertz CT molecular complexity index is 220. The molecule has 0 aromatic heterocycles. The van der Waals surface area contributed by atoms with Gasteiger partial charge in [0.15, 0.2) is 0 Å². The molecule has 16 heavy (non-hydrogen) atoms. The molecule has 1 rings (SSSR count). The normalized spacial score (nSPS) is 26.7. The minimum absolute atomic E-state index is 0.140. The molecule has 1 saturated heterocycles. The van der Waals surface area contributed by atoms with Crippen molar-refractivity contribution in [2.24, 2.45) is 0 Å². The van der Waals surface area contributed by atoms with Crippen molar-refractivity contribution < 1.29 is 4.79 Å². The van der Waals surface area contributed by atoms with Crippen LogP contribution in [-0.4, -0.2) is 49.6 Å². The topological polar surface area (TPSA) is 44.4 Å². The first-order valence-electron chi connectivity index (χ1n) is 6.39. The van der Waals surface area contributed by atoms with Crippen LogP contribution in [0, 0.1) is 0 Å². The van der Waals surface area contributed by atoms with Gasteiger partial charge in [-0.05, 0) is 12.8 Å². The van der Waals surface area contributed by atoms with Crippen LogP contribution in [0.25, 0.3) is 0 Å². The van der Waals surface area contributed by atoms with Crippen molar-refractivity contribution >= 4 is 5.91 Å². The highest BCUT2D eigenvalue weighted by molar-refractivity contribution is 5.75. The monoisotopic (exact) mass is 227 g/mol. The number of nitrogens with one attached hydrogen (secondary N) is 2. The van der Waals surface area contributed by atoms with Crippen LogP contribution in [0.4, 0.5) is 0 Å². The number of piperazine rings is 1. The molecule has 4 heteroatoms. The number of carbonyl (C=O) groups is 1. The van der Waals surface area contributed by atoms with E-state index in [2.05, 4.69) is 29.4 Å². The first kappa shape index (κ1) is 13.5. The minimum Gasteiger partial charge on any atom is -0.359 e. The first-order valence-corrected chi connectivity index (χ1v) is 6.39. The Morgan fingerprint density at radius 3 is 2.75 bits per heavy atom. The van der Waals surface area contributed by atoms with Crippen molar-refractivity contribution in [1.29, 1.82) is 0 Å². The molecule has 1 heterocycles. The van der Waals surface area contributed by atoms with Gasteiger partial charge in [0.2, 0.25) is 5.91 Å². The molecule has 2 N–H and O–H groups in total. The smallest absolute Gasteiger partial charge is 0.221 e. The SMILES string of the molecule is CCC1CN(CCC(=O)NC)C(CC)CN1. The van der Waals surface area contributed by atoms with Gasteiger partial charge >= 0.3 is 0 Å². The van der Waals surface area contributed by atoms with E-state index in [1.54, 1.807) is 7.05 Å². The summed E-state index contributed by atoms with van der Waals surface area (Å²) in [7, 11) is 1.70. The number of rotatable bonds is 5. The van der Waals surface area contributed by atoms with Gasteiger partial charge in [-0.25, -0.2) is 0 Å². The molecular formula is C12H25N3O. The number of amides is 1. The van der Waals surface area contributed by atoms with Gasteiger partial charge < -0.3 is 10.6 Å². The van der Waals surface area contributed by atoms with Gasteiger partial charge in [0.05, 0.1) is 0 Å². The van der Waals surface area contributed by atoms with Gasteiger partial charge in [-0.15, -0.1) is 0 Å². The highest BCUT2D eigenvalue weighted by Crippen LogP contribution is 2.12. The van der Waals surface area contributed by atoms with Crippen LogP contribution in [0.5, 0.6) is 0 Å². The standard InChI is InChI=1S/C12H25N3O/c1-4-10-9-15(7-6-12(16)13-3)11(5-2)8-14-10/h10-11,14H,4-9H2,1-3H3,(H,13,16). The molecule has 0 radical (unpaired) electrons. The second-order valence-electron chi connectivity index (χ2n) is 4.49. The highest BCUT2D eigenvalue weighted by atomic mass is 16.1. The summed E-state index contributed by atoms with van der Waals surface area (Å²) in [5.74, 6) is 0.140. The number of hydrogen-bond donors (Lipinski definition) is 2. The van der Waals surface area contributed by atoms with E-state index in [4.69, 9.17) is 0 Å². The third-order valence-corrected chi connectivity index (χ3v) is 3.48. The largest absolute Gasteiger partial charge is 0.359 e. The maximum atomic E-state index is 11.2. The fourth-order valence-corrected chi connectivity index (χ4v) is 2.25. The van der Waals surface area contributed by atoms with E-state index in [1.807, 2.05) is 0 Å². The highest BCUT2D eigenvalue weighted by Gasteiger charge is 2.25. The summed E-state index contributed by atoms with van der Waals surface area (Å²) in [4.78, 5) is 13.7. The van der Waals surface area contributed by atoms with Gasteiger partial charge in [-0.2, -0.15) is 0 Å². The van der Waals surface area contributed by atoms with E-state index < -0.39 is 0 Å². The molecule has 1 fully saturated rings. The lowest BCUT2D eigenvalue weighted by atomic mass is 10.0. The lowest BCUT2D eigenvalue weighted by Gasteiger charge is -2.39. The first-order chi connectivity index (χ1) is 7.71. The van der Waals surface area contributed by atoms with Crippen LogP contribution >= 0.6 is 0 Å². The molecule has 0 bridgehead atoms. The molecule has 0 aromatic carbocycles. The Kier molecular flexibility index (Phi) is 5.77.